The molecule has 1 saturated carbocycles. The highest BCUT2D eigenvalue weighted by Crippen LogP contribution is 2.37. The van der Waals surface area contributed by atoms with E-state index in [1.165, 1.54) is 31.2 Å². The fraction of sp³-hybridized carbons (Fsp3) is 0.647. The lowest BCUT2D eigenvalue weighted by molar-refractivity contribution is 0.286. The van der Waals surface area contributed by atoms with Crippen molar-refractivity contribution < 1.29 is 9.47 Å². The highest BCUT2D eigenvalue weighted by Gasteiger charge is 2.25. The zero-order chi connectivity index (χ0) is 14.4. The summed E-state index contributed by atoms with van der Waals surface area (Å²) in [6.07, 6.45) is 5.17. The lowest BCUT2D eigenvalue weighted by Crippen LogP contribution is -2.34. The van der Waals surface area contributed by atoms with E-state index in [4.69, 9.17) is 9.47 Å². The van der Waals surface area contributed by atoms with Gasteiger partial charge in [-0.05, 0) is 57.4 Å². The van der Waals surface area contributed by atoms with Crippen LogP contribution in [0.2, 0.25) is 0 Å². The Morgan fingerprint density at radius 2 is 1.75 bits per heavy atom. The second kappa shape index (κ2) is 7.53. The van der Waals surface area contributed by atoms with E-state index in [0.717, 1.165) is 11.5 Å². The zero-order valence-corrected chi connectivity index (χ0v) is 12.9. The molecule has 2 unspecified atom stereocenters. The van der Waals surface area contributed by atoms with E-state index >= 15 is 0 Å². The summed E-state index contributed by atoms with van der Waals surface area (Å²) in [7, 11) is 2.07. The molecule has 0 heterocycles. The molecule has 0 aliphatic heterocycles. The predicted octanol–water partition coefficient (Wildman–Crippen LogP) is 3.73. The first-order valence-corrected chi connectivity index (χ1v) is 7.87. The number of rotatable bonds is 6. The van der Waals surface area contributed by atoms with Gasteiger partial charge in [-0.25, -0.2) is 0 Å². The van der Waals surface area contributed by atoms with E-state index in [-0.39, 0.29) is 0 Å². The maximum Gasteiger partial charge on any atom is 0.161 e. The summed E-state index contributed by atoms with van der Waals surface area (Å²) in [6.45, 7) is 5.35. The smallest absolute Gasteiger partial charge is 0.161 e. The quantitative estimate of drug-likeness (QED) is 0.859. The maximum atomic E-state index is 5.74. The van der Waals surface area contributed by atoms with Gasteiger partial charge in [0, 0.05) is 6.04 Å². The Morgan fingerprint density at radius 1 is 1.05 bits per heavy atom. The van der Waals surface area contributed by atoms with Crippen LogP contribution in [-0.4, -0.2) is 26.3 Å². The third-order valence-electron chi connectivity index (χ3n) is 4.13. The molecule has 0 saturated heterocycles. The minimum absolute atomic E-state index is 0.580. The van der Waals surface area contributed by atoms with E-state index in [2.05, 4.69) is 30.6 Å². The molecule has 3 heteroatoms. The van der Waals surface area contributed by atoms with Crippen LogP contribution in [0.25, 0.3) is 0 Å². The first-order valence-electron chi connectivity index (χ1n) is 7.87. The minimum Gasteiger partial charge on any atom is -0.490 e. The molecule has 0 amide bonds. The zero-order valence-electron chi connectivity index (χ0n) is 12.9. The molecule has 3 nitrogen and oxygen atoms in total. The summed E-state index contributed by atoms with van der Waals surface area (Å²) in [5.41, 5.74) is 1.37. The van der Waals surface area contributed by atoms with Crippen molar-refractivity contribution >= 4 is 0 Å². The fourth-order valence-electron chi connectivity index (χ4n) is 3.17. The van der Waals surface area contributed by atoms with Crippen molar-refractivity contribution in [2.24, 2.45) is 0 Å². The molecule has 1 aliphatic carbocycles. The molecule has 2 rings (SSSR count). The molecule has 1 aromatic rings. The highest BCUT2D eigenvalue weighted by molar-refractivity contribution is 5.44. The van der Waals surface area contributed by atoms with Crippen molar-refractivity contribution in [1.29, 1.82) is 0 Å². The molecule has 20 heavy (non-hydrogen) atoms. The minimum atomic E-state index is 0.580. The Labute approximate surface area is 122 Å². The summed E-state index contributed by atoms with van der Waals surface area (Å²) in [4.78, 5) is 0. The molecule has 1 aliphatic rings. The molecule has 112 valence electrons. The number of benzene rings is 1. The van der Waals surface area contributed by atoms with Crippen molar-refractivity contribution in [3.8, 4) is 11.5 Å². The van der Waals surface area contributed by atoms with Gasteiger partial charge in [0.05, 0.1) is 13.2 Å². The van der Waals surface area contributed by atoms with Crippen LogP contribution in [0.3, 0.4) is 0 Å². The van der Waals surface area contributed by atoms with Gasteiger partial charge in [-0.1, -0.05) is 18.9 Å². The number of hydrogen-bond donors (Lipinski definition) is 1. The molecule has 1 N–H and O–H groups in total. The predicted molar refractivity (Wildman–Crippen MR) is 82.8 cm³/mol. The number of nitrogens with one attached hydrogen (secondary N) is 1. The second-order valence-electron chi connectivity index (χ2n) is 5.36. The lowest BCUT2D eigenvalue weighted by Gasteiger charge is -2.32. The molecular weight excluding hydrogens is 250 g/mol. The van der Waals surface area contributed by atoms with Gasteiger partial charge in [0.1, 0.15) is 0 Å². The van der Waals surface area contributed by atoms with Gasteiger partial charge in [-0.2, -0.15) is 0 Å². The third kappa shape index (κ3) is 3.45. The number of likely N-dealkylation sites (N-methyl/N-ethyl adjacent to an activating group) is 1. The summed E-state index contributed by atoms with van der Waals surface area (Å²) >= 11 is 0. The largest absolute Gasteiger partial charge is 0.490 e. The molecule has 0 spiro atoms. The van der Waals surface area contributed by atoms with E-state index in [0.29, 0.717) is 25.2 Å². The van der Waals surface area contributed by atoms with E-state index < -0.39 is 0 Å². The molecule has 1 fully saturated rings. The van der Waals surface area contributed by atoms with Gasteiger partial charge in [-0.3, -0.25) is 0 Å². The Morgan fingerprint density at radius 3 is 2.45 bits per heavy atom. The van der Waals surface area contributed by atoms with Crippen LogP contribution < -0.4 is 14.8 Å². The van der Waals surface area contributed by atoms with Gasteiger partial charge in [-0.15, -0.1) is 0 Å². The van der Waals surface area contributed by atoms with Crippen LogP contribution in [0.15, 0.2) is 18.2 Å². The van der Waals surface area contributed by atoms with Gasteiger partial charge < -0.3 is 14.8 Å². The molecule has 1 aromatic carbocycles. The summed E-state index contributed by atoms with van der Waals surface area (Å²) in [6, 6.07) is 7.02. The summed E-state index contributed by atoms with van der Waals surface area (Å²) < 4.78 is 11.4. The lowest BCUT2D eigenvalue weighted by atomic mass is 9.80. The third-order valence-corrected chi connectivity index (χ3v) is 4.13. The average molecular weight is 277 g/mol. The van der Waals surface area contributed by atoms with Crippen LogP contribution in [0, 0.1) is 0 Å². The van der Waals surface area contributed by atoms with Gasteiger partial charge in [0.25, 0.3) is 0 Å². The maximum absolute atomic E-state index is 5.74. The Hall–Kier alpha value is -1.22. The van der Waals surface area contributed by atoms with E-state index in [1.54, 1.807) is 0 Å². The molecule has 0 aromatic heterocycles. The average Bonchev–Trinajstić information content (AvgIpc) is 2.49. The van der Waals surface area contributed by atoms with Crippen molar-refractivity contribution in [2.45, 2.75) is 51.5 Å². The molecule has 2 atom stereocenters. The SMILES string of the molecule is CCOc1ccc(C2CCCCC2NC)cc1OCC. The summed E-state index contributed by atoms with van der Waals surface area (Å²) in [5.74, 6) is 2.32. The van der Waals surface area contributed by atoms with Crippen molar-refractivity contribution in [3.05, 3.63) is 23.8 Å². The van der Waals surface area contributed by atoms with Gasteiger partial charge in [0.15, 0.2) is 11.5 Å². The Kier molecular flexibility index (Phi) is 5.72. The molecular formula is C17H27NO2. The van der Waals surface area contributed by atoms with Crippen molar-refractivity contribution in [3.63, 3.8) is 0 Å². The normalized spacial score (nSPS) is 22.6. The van der Waals surface area contributed by atoms with Gasteiger partial charge in [0.2, 0.25) is 0 Å². The van der Waals surface area contributed by atoms with Crippen LogP contribution in [-0.2, 0) is 0 Å². The first-order chi connectivity index (χ1) is 9.80. The number of ether oxygens (including phenoxy) is 2. The van der Waals surface area contributed by atoms with Gasteiger partial charge >= 0.3 is 0 Å². The Balaban J connectivity index is 2.24. The van der Waals surface area contributed by atoms with Crippen molar-refractivity contribution in [2.75, 3.05) is 20.3 Å². The van der Waals surface area contributed by atoms with Crippen LogP contribution in [0.5, 0.6) is 11.5 Å². The van der Waals surface area contributed by atoms with Crippen LogP contribution >= 0.6 is 0 Å². The Bertz CT molecular complexity index is 419. The standard InChI is InChI=1S/C17H27NO2/c1-4-19-16-11-10-13(12-17(16)20-5-2)14-8-6-7-9-15(14)18-3/h10-12,14-15,18H,4-9H2,1-3H3. The van der Waals surface area contributed by atoms with Crippen LogP contribution in [0.4, 0.5) is 0 Å². The topological polar surface area (TPSA) is 30.5 Å². The second-order valence-corrected chi connectivity index (χ2v) is 5.36. The number of hydrogen-bond acceptors (Lipinski definition) is 3. The first kappa shape index (κ1) is 15.2. The molecule has 0 bridgehead atoms. The van der Waals surface area contributed by atoms with Crippen molar-refractivity contribution in [1.82, 2.24) is 5.32 Å². The highest BCUT2D eigenvalue weighted by atomic mass is 16.5. The fourth-order valence-corrected chi connectivity index (χ4v) is 3.17. The van der Waals surface area contributed by atoms with E-state index in [1.807, 2.05) is 13.8 Å². The summed E-state index contributed by atoms with van der Waals surface area (Å²) in [5, 5.41) is 3.47. The molecule has 0 radical (unpaired) electrons. The van der Waals surface area contributed by atoms with E-state index in [9.17, 15) is 0 Å². The monoisotopic (exact) mass is 277 g/mol. The van der Waals surface area contributed by atoms with Crippen LogP contribution in [0.1, 0.15) is 51.0 Å².